The van der Waals surface area contributed by atoms with Crippen molar-refractivity contribution in [2.24, 2.45) is 0 Å². The number of urea groups is 1. The van der Waals surface area contributed by atoms with Gasteiger partial charge in [0.2, 0.25) is 11.8 Å². The Morgan fingerprint density at radius 2 is 1.77 bits per heavy atom. The first-order valence-corrected chi connectivity index (χ1v) is 15.8. The molecule has 0 unspecified atom stereocenters. The largest absolute Gasteiger partial charge is 0.506 e. The van der Waals surface area contributed by atoms with Crippen LogP contribution in [0.5, 0.6) is 11.5 Å². The normalized spacial score (nSPS) is 15.8. The fourth-order valence-electron chi connectivity index (χ4n) is 5.81. The summed E-state index contributed by atoms with van der Waals surface area (Å²) in [5, 5.41) is 21.2. The summed E-state index contributed by atoms with van der Waals surface area (Å²) in [5.41, 5.74) is 8.72. The average Bonchev–Trinajstić information content (AvgIpc) is 3.13. The van der Waals surface area contributed by atoms with Gasteiger partial charge in [0.05, 0.1) is 19.3 Å². The third kappa shape index (κ3) is 8.30. The Kier molecular flexibility index (Phi) is 10.8. The first-order chi connectivity index (χ1) is 22.7. The number of hydrazine groups is 1. The molecule has 11 heteroatoms. The zero-order valence-electron chi connectivity index (χ0n) is 26.8. The first-order valence-electron chi connectivity index (χ1n) is 15.8. The molecule has 4 aromatic carbocycles. The lowest BCUT2D eigenvalue weighted by molar-refractivity contribution is -0.136. The third-order valence-corrected chi connectivity index (χ3v) is 8.29. The number of benzene rings is 4. The number of carbonyl (C=O) groups is 3. The van der Waals surface area contributed by atoms with Gasteiger partial charge in [-0.1, -0.05) is 67.6 Å². The number of nitrogens with zero attached hydrogens (tertiary/aromatic N) is 3. The van der Waals surface area contributed by atoms with Gasteiger partial charge in [-0.05, 0) is 58.1 Å². The molecule has 11 nitrogen and oxygen atoms in total. The van der Waals surface area contributed by atoms with E-state index in [2.05, 4.69) is 10.6 Å². The molecule has 1 heterocycles. The highest BCUT2D eigenvalue weighted by Crippen LogP contribution is 2.24. The van der Waals surface area contributed by atoms with Crippen LogP contribution in [0.15, 0.2) is 84.9 Å². The van der Waals surface area contributed by atoms with Crippen LogP contribution in [0.3, 0.4) is 0 Å². The molecule has 0 radical (unpaired) electrons. The molecule has 1 aliphatic rings. The maximum atomic E-state index is 14.2. The lowest BCUT2D eigenvalue weighted by Gasteiger charge is -2.35. The zero-order chi connectivity index (χ0) is 33.3. The molecule has 1 aliphatic heterocycles. The predicted octanol–water partition coefficient (Wildman–Crippen LogP) is 4.04. The summed E-state index contributed by atoms with van der Waals surface area (Å²) in [5.74, 6) is 0.0511. The Balaban J connectivity index is 1.41. The number of nitrogens with one attached hydrogen (secondary N) is 2. The van der Waals surface area contributed by atoms with E-state index in [1.165, 1.54) is 6.07 Å². The molecule has 47 heavy (non-hydrogen) atoms. The lowest BCUT2D eigenvalue weighted by Crippen LogP contribution is -2.55. The van der Waals surface area contributed by atoms with Crippen LogP contribution in [0, 0.1) is 0 Å². The molecule has 0 spiro atoms. The minimum absolute atomic E-state index is 0.0481. The topological polar surface area (TPSA) is 140 Å². The minimum atomic E-state index is -0.884. The summed E-state index contributed by atoms with van der Waals surface area (Å²) in [7, 11) is 1.60. The van der Waals surface area contributed by atoms with Gasteiger partial charge < -0.3 is 31.1 Å². The second-order valence-corrected chi connectivity index (χ2v) is 11.6. The van der Waals surface area contributed by atoms with Gasteiger partial charge in [0.15, 0.2) is 0 Å². The van der Waals surface area contributed by atoms with E-state index in [0.717, 1.165) is 27.6 Å². The summed E-state index contributed by atoms with van der Waals surface area (Å²) in [6.07, 6.45) is 0.847. The van der Waals surface area contributed by atoms with Crippen molar-refractivity contribution in [3.8, 4) is 11.5 Å². The van der Waals surface area contributed by atoms with Crippen molar-refractivity contribution in [2.45, 2.75) is 38.9 Å². The molecule has 4 amide bonds. The van der Waals surface area contributed by atoms with Crippen LogP contribution in [0.4, 0.5) is 10.5 Å². The number of rotatable bonds is 10. The van der Waals surface area contributed by atoms with Gasteiger partial charge in [-0.25, -0.2) is 9.80 Å². The van der Waals surface area contributed by atoms with E-state index >= 15 is 0 Å². The first kappa shape index (κ1) is 33.1. The quantitative estimate of drug-likeness (QED) is 0.152. The second kappa shape index (κ2) is 15.3. The van der Waals surface area contributed by atoms with Gasteiger partial charge >= 0.3 is 6.03 Å². The van der Waals surface area contributed by atoms with E-state index in [1.54, 1.807) is 34.2 Å². The number of nitrogens with two attached hydrogens (primary N) is 1. The highest BCUT2D eigenvalue weighted by molar-refractivity contribution is 5.90. The summed E-state index contributed by atoms with van der Waals surface area (Å²) in [6, 6.07) is 25.0. The number of carbonyl (C=O) groups excluding carboxylic acids is 3. The fourth-order valence-corrected chi connectivity index (χ4v) is 5.81. The van der Waals surface area contributed by atoms with E-state index in [9.17, 15) is 19.5 Å². The summed E-state index contributed by atoms with van der Waals surface area (Å²) in [6.45, 7) is 3.39. The van der Waals surface area contributed by atoms with E-state index in [4.69, 9.17) is 10.5 Å². The average molecular weight is 639 g/mol. The number of amides is 4. The highest BCUT2D eigenvalue weighted by atomic mass is 16.5. The molecular formula is C36H42N6O5. The van der Waals surface area contributed by atoms with Crippen LogP contribution in [-0.4, -0.2) is 77.2 Å². The number of hydrogen-bond donors (Lipinski definition) is 4. The van der Waals surface area contributed by atoms with Crippen LogP contribution < -0.4 is 21.1 Å². The fraction of sp³-hybridized carbons (Fsp3) is 0.306. The van der Waals surface area contributed by atoms with E-state index < -0.39 is 6.04 Å². The third-order valence-electron chi connectivity index (χ3n) is 8.29. The van der Waals surface area contributed by atoms with Gasteiger partial charge in [0, 0.05) is 39.1 Å². The summed E-state index contributed by atoms with van der Waals surface area (Å²) < 4.78 is 5.23. The van der Waals surface area contributed by atoms with E-state index in [1.807, 2.05) is 73.7 Å². The minimum Gasteiger partial charge on any atom is -0.506 e. The van der Waals surface area contributed by atoms with Crippen molar-refractivity contribution in [1.29, 1.82) is 0 Å². The number of fused-ring (bicyclic) bond motifs is 1. The van der Waals surface area contributed by atoms with Crippen LogP contribution in [0.25, 0.3) is 10.8 Å². The predicted molar refractivity (Wildman–Crippen MR) is 181 cm³/mol. The standard InChI is InChI=1S/C36H42N6O5/c1-3-17-42(36(46)38-22-25-11-14-29(47-2)15-12-25)41-19-18-40(23-28-9-6-8-27-7-4-5-10-30(27)28)35(45)32(39-34(44)24-41)21-26-13-16-33(43)31(37)20-26/h4-16,20,32,43H,3,17-19,21-24,37H2,1-2H3,(H,38,46)(H,39,44)/t32-/m0/s1. The molecule has 0 aliphatic carbocycles. The van der Waals surface area contributed by atoms with Crippen LogP contribution in [-0.2, 0) is 29.1 Å². The molecule has 1 saturated heterocycles. The van der Waals surface area contributed by atoms with Crippen molar-refractivity contribution in [2.75, 3.05) is 39.0 Å². The van der Waals surface area contributed by atoms with Gasteiger partial charge in [-0.2, -0.15) is 0 Å². The lowest BCUT2D eigenvalue weighted by atomic mass is 10.0. The smallest absolute Gasteiger partial charge is 0.332 e. The van der Waals surface area contributed by atoms with Crippen molar-refractivity contribution < 1.29 is 24.2 Å². The Bertz CT molecular complexity index is 1710. The van der Waals surface area contributed by atoms with Crippen LogP contribution in [0.2, 0.25) is 0 Å². The highest BCUT2D eigenvalue weighted by Gasteiger charge is 2.32. The van der Waals surface area contributed by atoms with Gasteiger partial charge in [-0.15, -0.1) is 0 Å². The Hall–Kier alpha value is -5.29. The number of phenols is 1. The molecular weight excluding hydrogens is 596 g/mol. The van der Waals surface area contributed by atoms with Crippen molar-refractivity contribution in [1.82, 2.24) is 25.6 Å². The summed E-state index contributed by atoms with van der Waals surface area (Å²) in [4.78, 5) is 43.1. The number of methoxy groups -OCH3 is 1. The Morgan fingerprint density at radius 1 is 1.02 bits per heavy atom. The molecule has 1 fully saturated rings. The SMILES string of the molecule is CCCN(C(=O)NCc1ccc(OC)cc1)N1CCN(Cc2cccc3ccccc23)C(=O)[C@H](Cc2ccc(O)c(N)c2)NC(=O)C1. The molecule has 5 N–H and O–H groups in total. The number of aromatic hydroxyl groups is 1. The van der Waals surface area contributed by atoms with Gasteiger partial charge in [0.1, 0.15) is 17.5 Å². The maximum absolute atomic E-state index is 14.2. The van der Waals surface area contributed by atoms with Crippen molar-refractivity contribution in [3.63, 3.8) is 0 Å². The summed E-state index contributed by atoms with van der Waals surface area (Å²) >= 11 is 0. The number of anilines is 1. The monoisotopic (exact) mass is 638 g/mol. The number of hydrogen-bond acceptors (Lipinski definition) is 7. The Labute approximate surface area is 274 Å². The molecule has 246 valence electrons. The van der Waals surface area contributed by atoms with Gasteiger partial charge in [-0.3, -0.25) is 14.6 Å². The molecule has 4 aromatic rings. The van der Waals surface area contributed by atoms with E-state index in [0.29, 0.717) is 31.6 Å². The molecule has 0 bridgehead atoms. The number of phenolic OH excluding ortho intramolecular Hbond substituents is 1. The van der Waals surface area contributed by atoms with Crippen molar-refractivity contribution >= 4 is 34.3 Å². The zero-order valence-corrected chi connectivity index (χ0v) is 26.8. The second-order valence-electron chi connectivity index (χ2n) is 11.6. The number of ether oxygens (including phenoxy) is 1. The molecule has 1 atom stereocenters. The molecule has 5 rings (SSSR count). The van der Waals surface area contributed by atoms with Crippen LogP contribution in [0.1, 0.15) is 30.0 Å². The molecule has 0 aromatic heterocycles. The van der Waals surface area contributed by atoms with E-state index in [-0.39, 0.29) is 55.3 Å². The number of nitrogen functional groups attached to an aromatic ring is 1. The van der Waals surface area contributed by atoms with Gasteiger partial charge in [0.25, 0.3) is 0 Å². The maximum Gasteiger partial charge on any atom is 0.332 e. The van der Waals surface area contributed by atoms with Crippen molar-refractivity contribution in [3.05, 3.63) is 102 Å². The van der Waals surface area contributed by atoms with Crippen LogP contribution >= 0.6 is 0 Å². The molecule has 0 saturated carbocycles. The Morgan fingerprint density at radius 3 is 2.51 bits per heavy atom.